The fraction of sp³-hybridized carbons (Fsp3) is 0.333. The summed E-state index contributed by atoms with van der Waals surface area (Å²) >= 11 is 1.37. The second kappa shape index (κ2) is 12.1. The summed E-state index contributed by atoms with van der Waals surface area (Å²) in [4.78, 5) is 16.5. The molecule has 2 aromatic heterocycles. The zero-order valence-electron chi connectivity index (χ0n) is 24.6. The first-order chi connectivity index (χ1) is 20.3. The van der Waals surface area contributed by atoms with Gasteiger partial charge in [-0.3, -0.25) is 0 Å². The Bertz CT molecular complexity index is 1850. The number of nitrogens with two attached hydrogens (primary N) is 1. The third-order valence-corrected chi connectivity index (χ3v) is 8.81. The van der Waals surface area contributed by atoms with Gasteiger partial charge in [0.2, 0.25) is 10.0 Å². The van der Waals surface area contributed by atoms with Gasteiger partial charge in [0.25, 0.3) is 0 Å². The molecule has 0 radical (unpaired) electrons. The van der Waals surface area contributed by atoms with Crippen LogP contribution in [0.25, 0.3) is 21.8 Å². The molecule has 0 amide bonds. The number of rotatable bonds is 9. The lowest BCUT2D eigenvalue weighted by Gasteiger charge is -2.16. The number of sulfonamides is 1. The molecule has 0 unspecified atom stereocenters. The standard InChI is InChI=1S/C33H34FN3O4S2/c1-5-41-32(38)27-20-42-31(36-27)25-18-28(24-8-6-7-21(15-24)13-14-33(2,3)4)37(29(25)17-22-9-10-22)19-23-11-12-30(26(34)16-23)43(35,39)40/h6-8,11-12,15-16,18,20,22H,5,9-10,17,19H2,1-4H3,(H2,35,39,40). The second-order valence-corrected chi connectivity index (χ2v) is 14.2. The number of halogens is 1. The number of primary sulfonamides is 1. The highest BCUT2D eigenvalue weighted by molar-refractivity contribution is 7.89. The van der Waals surface area contributed by atoms with E-state index >= 15 is 0 Å². The lowest BCUT2D eigenvalue weighted by Crippen LogP contribution is -2.14. The van der Waals surface area contributed by atoms with Gasteiger partial charge in [-0.1, -0.05) is 30.0 Å². The van der Waals surface area contributed by atoms with E-state index in [9.17, 15) is 17.6 Å². The van der Waals surface area contributed by atoms with Gasteiger partial charge in [0.15, 0.2) is 5.69 Å². The molecule has 0 bridgehead atoms. The van der Waals surface area contributed by atoms with Crippen LogP contribution in [-0.4, -0.2) is 30.5 Å². The van der Waals surface area contributed by atoms with Crippen LogP contribution >= 0.6 is 11.3 Å². The molecule has 43 heavy (non-hydrogen) atoms. The third-order valence-electron chi connectivity index (χ3n) is 6.99. The SMILES string of the molecule is CCOC(=O)c1csc(-c2cc(-c3cccc(C#CC(C)(C)C)c3)n(Cc3ccc(S(N)(=O)=O)c(F)c3)c2CC2CC2)n1. The van der Waals surface area contributed by atoms with Gasteiger partial charge in [-0.2, -0.15) is 0 Å². The summed E-state index contributed by atoms with van der Waals surface area (Å²) in [5.41, 5.74) is 5.28. The maximum atomic E-state index is 14.9. The van der Waals surface area contributed by atoms with E-state index in [0.29, 0.717) is 16.5 Å². The van der Waals surface area contributed by atoms with Gasteiger partial charge in [-0.15, -0.1) is 11.3 Å². The number of hydrogen-bond acceptors (Lipinski definition) is 6. The Balaban J connectivity index is 1.67. The number of esters is 1. The van der Waals surface area contributed by atoms with E-state index in [4.69, 9.17) is 9.88 Å². The van der Waals surface area contributed by atoms with Crippen molar-refractivity contribution in [1.29, 1.82) is 0 Å². The average molecular weight is 620 g/mol. The van der Waals surface area contributed by atoms with Crippen molar-refractivity contribution in [3.63, 3.8) is 0 Å². The van der Waals surface area contributed by atoms with Crippen LogP contribution in [0, 0.1) is 29.0 Å². The Labute approximate surface area is 256 Å². The zero-order chi connectivity index (χ0) is 30.9. The van der Waals surface area contributed by atoms with Gasteiger partial charge < -0.3 is 9.30 Å². The maximum Gasteiger partial charge on any atom is 0.357 e. The molecule has 0 atom stereocenters. The topological polar surface area (TPSA) is 104 Å². The van der Waals surface area contributed by atoms with Crippen molar-refractivity contribution < 1.29 is 22.3 Å². The van der Waals surface area contributed by atoms with Crippen molar-refractivity contribution in [1.82, 2.24) is 9.55 Å². The number of carbonyl (C=O) groups excluding carboxylic acids is 1. The van der Waals surface area contributed by atoms with E-state index in [-0.39, 0.29) is 24.3 Å². The first-order valence-electron chi connectivity index (χ1n) is 14.1. The van der Waals surface area contributed by atoms with E-state index in [1.807, 2.05) is 24.3 Å². The molecule has 0 spiro atoms. The Morgan fingerprint density at radius 1 is 1.19 bits per heavy atom. The van der Waals surface area contributed by atoms with Crippen LogP contribution in [0.2, 0.25) is 0 Å². The fourth-order valence-corrected chi connectivity index (χ4v) is 6.19. The van der Waals surface area contributed by atoms with Crippen LogP contribution in [0.5, 0.6) is 0 Å². The van der Waals surface area contributed by atoms with E-state index in [1.54, 1.807) is 18.4 Å². The summed E-state index contributed by atoms with van der Waals surface area (Å²) in [5, 5.41) is 7.60. The number of hydrogen-bond donors (Lipinski definition) is 1. The van der Waals surface area contributed by atoms with Crippen molar-refractivity contribution >= 4 is 27.3 Å². The monoisotopic (exact) mass is 619 g/mol. The van der Waals surface area contributed by atoms with E-state index in [2.05, 4.69) is 48.2 Å². The largest absolute Gasteiger partial charge is 0.461 e. The average Bonchev–Trinajstić information content (AvgIpc) is 3.49. The van der Waals surface area contributed by atoms with Gasteiger partial charge in [0.1, 0.15) is 15.7 Å². The molecule has 0 aliphatic heterocycles. The predicted octanol–water partition coefficient (Wildman–Crippen LogP) is 6.64. The van der Waals surface area contributed by atoms with Crippen LogP contribution in [0.1, 0.15) is 67.8 Å². The number of aromatic nitrogens is 2. The number of carbonyl (C=O) groups is 1. The van der Waals surface area contributed by atoms with Crippen molar-refractivity contribution in [2.75, 3.05) is 6.61 Å². The van der Waals surface area contributed by atoms with Gasteiger partial charge in [-0.25, -0.2) is 27.7 Å². The van der Waals surface area contributed by atoms with Crippen molar-refractivity contribution in [2.24, 2.45) is 16.5 Å². The van der Waals surface area contributed by atoms with Crippen LogP contribution in [0.15, 0.2) is 58.8 Å². The minimum atomic E-state index is -4.19. The maximum absolute atomic E-state index is 14.9. The molecular formula is C33H34FN3O4S2. The molecule has 224 valence electrons. The lowest BCUT2D eigenvalue weighted by atomic mass is 9.97. The smallest absolute Gasteiger partial charge is 0.357 e. The molecule has 2 heterocycles. The molecule has 7 nitrogen and oxygen atoms in total. The molecular weight excluding hydrogens is 586 g/mol. The summed E-state index contributed by atoms with van der Waals surface area (Å²) in [6.45, 7) is 8.48. The molecule has 10 heteroatoms. The molecule has 1 aliphatic rings. The first-order valence-corrected chi connectivity index (χ1v) is 16.5. The Hall–Kier alpha value is -3.78. The van der Waals surface area contributed by atoms with Crippen LogP contribution in [0.3, 0.4) is 0 Å². The molecule has 2 N–H and O–H groups in total. The lowest BCUT2D eigenvalue weighted by molar-refractivity contribution is 0.0520. The highest BCUT2D eigenvalue weighted by atomic mass is 32.2. The molecule has 2 aromatic carbocycles. The highest BCUT2D eigenvalue weighted by Crippen LogP contribution is 2.41. The number of nitrogens with zero attached hydrogens (tertiary/aromatic N) is 2. The second-order valence-electron chi connectivity index (χ2n) is 11.8. The van der Waals surface area contributed by atoms with Crippen molar-refractivity contribution in [2.45, 2.75) is 58.4 Å². The summed E-state index contributed by atoms with van der Waals surface area (Å²) in [5.74, 6) is 5.71. The summed E-state index contributed by atoms with van der Waals surface area (Å²) in [6, 6.07) is 14.0. The van der Waals surface area contributed by atoms with Crippen LogP contribution in [-0.2, 0) is 27.7 Å². The summed E-state index contributed by atoms with van der Waals surface area (Å²) in [6.07, 6.45) is 3.01. The third kappa shape index (κ3) is 7.42. The van der Waals surface area contributed by atoms with Gasteiger partial charge in [-0.05, 0) is 94.3 Å². The molecule has 0 saturated heterocycles. The number of thiazole rings is 1. The van der Waals surface area contributed by atoms with E-state index in [0.717, 1.165) is 47.3 Å². The normalized spacial score (nSPS) is 13.4. The van der Waals surface area contributed by atoms with E-state index in [1.165, 1.54) is 23.5 Å². The molecule has 5 rings (SSSR count). The van der Waals surface area contributed by atoms with Crippen molar-refractivity contribution in [3.8, 4) is 33.7 Å². The Morgan fingerprint density at radius 2 is 1.95 bits per heavy atom. The Kier molecular flexibility index (Phi) is 8.61. The van der Waals surface area contributed by atoms with Gasteiger partial charge in [0, 0.05) is 39.9 Å². The summed E-state index contributed by atoms with van der Waals surface area (Å²) < 4.78 is 45.9. The van der Waals surface area contributed by atoms with Crippen molar-refractivity contribution in [3.05, 3.63) is 82.2 Å². The fourth-order valence-electron chi connectivity index (χ4n) is 4.78. The van der Waals surface area contributed by atoms with Gasteiger partial charge >= 0.3 is 5.97 Å². The highest BCUT2D eigenvalue weighted by Gasteiger charge is 2.28. The molecule has 4 aromatic rings. The predicted molar refractivity (Wildman–Crippen MR) is 167 cm³/mol. The van der Waals surface area contributed by atoms with E-state index < -0.39 is 26.7 Å². The van der Waals surface area contributed by atoms with Crippen LogP contribution in [0.4, 0.5) is 4.39 Å². The zero-order valence-corrected chi connectivity index (χ0v) is 26.2. The number of ether oxygens (including phenoxy) is 1. The quantitative estimate of drug-likeness (QED) is 0.167. The minimum Gasteiger partial charge on any atom is -0.461 e. The van der Waals surface area contributed by atoms with Crippen LogP contribution < -0.4 is 5.14 Å². The molecule has 1 fully saturated rings. The van der Waals surface area contributed by atoms with Gasteiger partial charge in [0.05, 0.1) is 6.61 Å². The number of benzene rings is 2. The first kappa shape index (κ1) is 30.7. The molecule has 1 saturated carbocycles. The molecule has 1 aliphatic carbocycles. The Morgan fingerprint density at radius 3 is 2.60 bits per heavy atom. The summed E-state index contributed by atoms with van der Waals surface area (Å²) in [7, 11) is -4.19. The minimum absolute atomic E-state index is 0.157.